The van der Waals surface area contributed by atoms with Gasteiger partial charge in [-0.05, 0) is 54.4 Å². The van der Waals surface area contributed by atoms with Crippen LogP contribution in [0, 0.1) is 6.92 Å². The summed E-state index contributed by atoms with van der Waals surface area (Å²) in [6.07, 6.45) is 3.04. The van der Waals surface area contributed by atoms with Crippen molar-refractivity contribution in [2.24, 2.45) is 0 Å². The molecule has 0 saturated carbocycles. The Morgan fingerprint density at radius 1 is 1.00 bits per heavy atom. The third-order valence-corrected chi connectivity index (χ3v) is 5.36. The lowest BCUT2D eigenvalue weighted by Gasteiger charge is -2.10. The van der Waals surface area contributed by atoms with Gasteiger partial charge in [0.05, 0.1) is 11.1 Å². The van der Waals surface area contributed by atoms with Crippen molar-refractivity contribution in [2.45, 2.75) is 13.5 Å². The average Bonchev–Trinajstić information content (AvgIpc) is 3.07. The van der Waals surface area contributed by atoms with Crippen molar-refractivity contribution in [3.8, 4) is 17.2 Å². The molecule has 1 atom stereocenters. The third kappa shape index (κ3) is 4.70. The van der Waals surface area contributed by atoms with Crippen molar-refractivity contribution in [1.29, 1.82) is 0 Å². The summed E-state index contributed by atoms with van der Waals surface area (Å²) in [5.41, 5.74) is 2.61. The molecule has 1 aliphatic heterocycles. The van der Waals surface area contributed by atoms with Crippen molar-refractivity contribution < 1.29 is 18.5 Å². The minimum Gasteiger partial charge on any atom is -0.489 e. The predicted molar refractivity (Wildman–Crippen MR) is 111 cm³/mol. The molecular weight excluding hydrogens is 388 g/mol. The van der Waals surface area contributed by atoms with Crippen LogP contribution < -0.4 is 14.2 Å². The van der Waals surface area contributed by atoms with Crippen LogP contribution in [0.1, 0.15) is 16.8 Å². The first kappa shape index (κ1) is 18.9. The second kappa shape index (κ2) is 8.28. The van der Waals surface area contributed by atoms with Crippen LogP contribution in [-0.4, -0.2) is 15.1 Å². The zero-order chi connectivity index (χ0) is 20.2. The first-order valence-electron chi connectivity index (χ1n) is 8.93. The highest BCUT2D eigenvalue weighted by Crippen LogP contribution is 2.25. The van der Waals surface area contributed by atoms with Gasteiger partial charge < -0.3 is 9.47 Å². The number of nitrogens with zero attached hydrogens (tertiary/aromatic N) is 1. The Balaban J connectivity index is 1.39. The van der Waals surface area contributed by atoms with Crippen LogP contribution >= 0.6 is 0 Å². The van der Waals surface area contributed by atoms with E-state index < -0.39 is 11.0 Å². The highest BCUT2D eigenvalue weighted by molar-refractivity contribution is 7.93. The fraction of sp³-hybridized carbons (Fsp3) is 0.0909. The van der Waals surface area contributed by atoms with Crippen LogP contribution in [0.4, 0.5) is 0 Å². The molecule has 6 nitrogen and oxygen atoms in total. The summed E-state index contributed by atoms with van der Waals surface area (Å²) in [7, 11) is -1.50. The number of carbonyl (C=O) groups excluding carboxylic acids is 1. The number of hydrogen-bond donors (Lipinski definition) is 1. The fourth-order valence-corrected chi connectivity index (χ4v) is 3.69. The van der Waals surface area contributed by atoms with Crippen molar-refractivity contribution in [3.05, 3.63) is 89.8 Å². The Bertz CT molecular complexity index is 1090. The zero-order valence-corrected chi connectivity index (χ0v) is 16.4. The zero-order valence-electron chi connectivity index (χ0n) is 15.6. The summed E-state index contributed by atoms with van der Waals surface area (Å²) in [4.78, 5) is 16.0. The first-order chi connectivity index (χ1) is 14.1. The van der Waals surface area contributed by atoms with E-state index in [9.17, 15) is 9.00 Å². The molecule has 0 aliphatic carbocycles. The van der Waals surface area contributed by atoms with Crippen LogP contribution in [-0.2, 0) is 22.4 Å². The largest absolute Gasteiger partial charge is 0.489 e. The summed E-state index contributed by atoms with van der Waals surface area (Å²) in [6, 6.07) is 18.6. The van der Waals surface area contributed by atoms with Crippen LogP contribution in [0.2, 0.25) is 0 Å². The number of rotatable bonds is 6. The predicted octanol–water partition coefficient (Wildman–Crippen LogP) is 3.90. The van der Waals surface area contributed by atoms with E-state index in [-0.39, 0.29) is 5.91 Å². The molecule has 1 aliphatic rings. The van der Waals surface area contributed by atoms with Crippen LogP contribution in [0.3, 0.4) is 0 Å². The minimum atomic E-state index is -1.50. The van der Waals surface area contributed by atoms with Gasteiger partial charge in [-0.1, -0.05) is 24.3 Å². The summed E-state index contributed by atoms with van der Waals surface area (Å²) in [6.45, 7) is 2.30. The van der Waals surface area contributed by atoms with Gasteiger partial charge in [-0.2, -0.15) is 0 Å². The molecule has 2 heterocycles. The molecule has 1 N–H and O–H groups in total. The molecule has 0 spiro atoms. The van der Waals surface area contributed by atoms with Crippen LogP contribution in [0.25, 0.3) is 4.91 Å². The molecular formula is C22H18N2O4S. The number of aromatic nitrogens is 1. The lowest BCUT2D eigenvalue weighted by molar-refractivity contribution is -0.114. The molecule has 3 aromatic rings. The maximum Gasteiger partial charge on any atom is 0.257 e. The molecule has 1 amide bonds. The molecule has 146 valence electrons. The lowest BCUT2D eigenvalue weighted by atomic mass is 10.2. The third-order valence-electron chi connectivity index (χ3n) is 4.22. The summed E-state index contributed by atoms with van der Waals surface area (Å²) >= 11 is 0. The van der Waals surface area contributed by atoms with Crippen molar-refractivity contribution in [1.82, 2.24) is 9.71 Å². The van der Waals surface area contributed by atoms with Gasteiger partial charge in [0, 0.05) is 11.8 Å². The molecule has 0 saturated heterocycles. The van der Waals surface area contributed by atoms with E-state index in [4.69, 9.17) is 9.47 Å². The Morgan fingerprint density at radius 2 is 1.79 bits per heavy atom. The molecule has 29 heavy (non-hydrogen) atoms. The van der Waals surface area contributed by atoms with Gasteiger partial charge >= 0.3 is 0 Å². The second-order valence-electron chi connectivity index (χ2n) is 6.44. The van der Waals surface area contributed by atoms with Gasteiger partial charge in [0.25, 0.3) is 5.91 Å². The van der Waals surface area contributed by atoms with Gasteiger partial charge in [0.15, 0.2) is 11.0 Å². The molecule has 0 bridgehead atoms. The average molecular weight is 406 g/mol. The normalized spacial score (nSPS) is 15.6. The Kier molecular flexibility index (Phi) is 5.39. The highest BCUT2D eigenvalue weighted by atomic mass is 32.2. The number of nitrogens with one attached hydrogen (secondary N) is 1. The monoisotopic (exact) mass is 406 g/mol. The van der Waals surface area contributed by atoms with Crippen LogP contribution in [0.15, 0.2) is 72.9 Å². The Labute approximate surface area is 170 Å². The van der Waals surface area contributed by atoms with Crippen molar-refractivity contribution in [3.63, 3.8) is 0 Å². The summed E-state index contributed by atoms with van der Waals surface area (Å²) in [5.74, 6) is 1.71. The van der Waals surface area contributed by atoms with Gasteiger partial charge in [-0.3, -0.25) is 14.5 Å². The van der Waals surface area contributed by atoms with E-state index in [0.29, 0.717) is 28.8 Å². The Morgan fingerprint density at radius 3 is 2.48 bits per heavy atom. The van der Waals surface area contributed by atoms with E-state index in [1.54, 1.807) is 30.5 Å². The fourth-order valence-electron chi connectivity index (χ4n) is 2.77. The van der Waals surface area contributed by atoms with Gasteiger partial charge in [-0.25, -0.2) is 4.21 Å². The maximum absolute atomic E-state index is 11.8. The molecule has 0 radical (unpaired) electrons. The quantitative estimate of drug-likeness (QED) is 0.672. The van der Waals surface area contributed by atoms with Crippen molar-refractivity contribution >= 4 is 21.8 Å². The first-order valence-corrected chi connectivity index (χ1v) is 10.1. The van der Waals surface area contributed by atoms with Gasteiger partial charge in [0.1, 0.15) is 23.9 Å². The standard InChI is InChI=1S/C22H18N2O4S/c1-15-5-8-20(13-23-15)28-19-4-2-3-16(11-19)14-27-18-9-6-17(7-10-18)21-12-22(25)24-29(21)26/h2-13H,14H2,1H3,(H,24,25). The molecule has 4 rings (SSSR count). The van der Waals surface area contributed by atoms with E-state index in [1.807, 2.05) is 43.3 Å². The number of pyridine rings is 1. The molecule has 0 fully saturated rings. The number of ether oxygens (including phenoxy) is 2. The number of carbonyl (C=O) groups is 1. The number of hydrogen-bond acceptors (Lipinski definition) is 5. The minimum absolute atomic E-state index is 0.345. The molecule has 1 aromatic heterocycles. The van der Waals surface area contributed by atoms with Gasteiger partial charge in [0.2, 0.25) is 0 Å². The SMILES string of the molecule is Cc1ccc(Oc2cccc(COc3ccc(C4=CC(=O)NS4=O)cc3)c2)cn1. The molecule has 1 unspecified atom stereocenters. The highest BCUT2D eigenvalue weighted by Gasteiger charge is 2.20. The van der Waals surface area contributed by atoms with Gasteiger partial charge in [-0.15, -0.1) is 0 Å². The topological polar surface area (TPSA) is 77.5 Å². The maximum atomic E-state index is 11.8. The van der Waals surface area contributed by atoms with E-state index in [2.05, 4.69) is 9.71 Å². The van der Waals surface area contributed by atoms with E-state index >= 15 is 0 Å². The van der Waals surface area contributed by atoms with Crippen molar-refractivity contribution in [2.75, 3.05) is 0 Å². The van der Waals surface area contributed by atoms with E-state index in [1.165, 1.54) is 6.08 Å². The summed E-state index contributed by atoms with van der Waals surface area (Å²) in [5, 5.41) is 0. The molecule has 2 aromatic carbocycles. The number of aryl methyl sites for hydroxylation is 1. The van der Waals surface area contributed by atoms with Crippen LogP contribution in [0.5, 0.6) is 17.2 Å². The lowest BCUT2D eigenvalue weighted by Crippen LogP contribution is -2.16. The number of amides is 1. The van der Waals surface area contributed by atoms with E-state index in [0.717, 1.165) is 16.8 Å². The molecule has 7 heteroatoms. The smallest absolute Gasteiger partial charge is 0.257 e. The second-order valence-corrected chi connectivity index (χ2v) is 7.62. The Hall–Kier alpha value is -3.45. The summed E-state index contributed by atoms with van der Waals surface area (Å²) < 4.78 is 25.8. The number of benzene rings is 2.